The maximum atomic E-state index is 3.68. The van der Waals surface area contributed by atoms with E-state index in [9.17, 15) is 0 Å². The van der Waals surface area contributed by atoms with Crippen molar-refractivity contribution in [3.8, 4) is 0 Å². The van der Waals surface area contributed by atoms with Crippen molar-refractivity contribution in [2.24, 2.45) is 0 Å². The second kappa shape index (κ2) is 45.3. The number of hydrogen-bond acceptors (Lipinski definition) is 8. The predicted octanol–water partition coefficient (Wildman–Crippen LogP) is 6.88. The molecule has 2 aliphatic heterocycles. The molecule has 0 saturated carbocycles. The number of benzene rings is 3. The van der Waals surface area contributed by atoms with Crippen molar-refractivity contribution in [1.29, 1.82) is 0 Å². The van der Waals surface area contributed by atoms with E-state index in [-0.39, 0.29) is 153 Å². The van der Waals surface area contributed by atoms with Gasteiger partial charge in [-0.05, 0) is 113 Å². The normalized spacial score (nSPS) is 16.5. The van der Waals surface area contributed by atoms with E-state index in [0.29, 0.717) is 0 Å². The van der Waals surface area contributed by atoms with E-state index in [0.717, 1.165) is 118 Å². The maximum absolute atomic E-state index is 3.68. The van der Waals surface area contributed by atoms with Gasteiger partial charge < -0.3 is 42.9 Å². The lowest BCUT2D eigenvalue weighted by molar-refractivity contribution is 0.260. The fourth-order valence-corrected chi connectivity index (χ4v) is 7.24. The van der Waals surface area contributed by atoms with Gasteiger partial charge >= 0.3 is 0 Å². The minimum Gasteiger partial charge on any atom is -0.412 e. The number of rotatable bonds is 7. The van der Waals surface area contributed by atoms with Crippen LogP contribution >= 0.6 is 136 Å². The van der Waals surface area contributed by atoms with Gasteiger partial charge in [-0.2, -0.15) is 0 Å². The zero-order chi connectivity index (χ0) is 34.5. The van der Waals surface area contributed by atoms with E-state index < -0.39 is 0 Å². The van der Waals surface area contributed by atoms with Crippen LogP contribution in [0.5, 0.6) is 0 Å². The maximum Gasteiger partial charge on any atom is 0.0340 e. The van der Waals surface area contributed by atoms with Crippen molar-refractivity contribution in [3.63, 3.8) is 0 Å². The van der Waals surface area contributed by atoms with Crippen LogP contribution in [0.25, 0.3) is 0 Å². The minimum atomic E-state index is 0. The van der Waals surface area contributed by atoms with E-state index in [1.807, 2.05) is 0 Å². The summed E-state index contributed by atoms with van der Waals surface area (Å²) in [6.07, 6.45) is 4.68. The Balaban J connectivity index is -0.000000729. The summed E-state index contributed by atoms with van der Waals surface area (Å²) in [4.78, 5) is 5.28. The summed E-state index contributed by atoms with van der Waals surface area (Å²) in [6.45, 7) is 21.2. The highest BCUT2D eigenvalue weighted by Crippen LogP contribution is 2.33. The number of nitrogens with zero attached hydrogens (tertiary/aromatic N) is 2. The summed E-state index contributed by atoms with van der Waals surface area (Å²) in [5.74, 6) is 0.187. The van der Waals surface area contributed by atoms with Crippen molar-refractivity contribution in [1.82, 2.24) is 41.7 Å². The Bertz CT molecular complexity index is 1270. The Morgan fingerprint density at radius 3 is 1.13 bits per heavy atom. The van der Waals surface area contributed by atoms with Crippen LogP contribution < -0.4 is 31.9 Å². The molecule has 2 saturated heterocycles. The van der Waals surface area contributed by atoms with Gasteiger partial charge in [-0.15, -0.1) is 136 Å². The van der Waals surface area contributed by atoms with Gasteiger partial charge in [0.25, 0.3) is 0 Å². The molecule has 3 aromatic rings. The highest BCUT2D eigenvalue weighted by molar-refractivity contribution is 8.93. The van der Waals surface area contributed by atoms with Crippen LogP contribution in [0, 0.1) is 6.92 Å². The molecule has 0 aliphatic carbocycles. The lowest BCUT2D eigenvalue weighted by Gasteiger charge is -2.26. The molecule has 3 aromatic carbocycles. The molecule has 5 rings (SSSR count). The van der Waals surface area contributed by atoms with Crippen molar-refractivity contribution < 1.29 is 11.0 Å². The third-order valence-corrected chi connectivity index (χ3v) is 10.0. The average molecular weight is 1370 g/mol. The van der Waals surface area contributed by atoms with Crippen molar-refractivity contribution >= 4 is 136 Å². The summed E-state index contributed by atoms with van der Waals surface area (Å²) >= 11 is 0. The summed E-state index contributed by atoms with van der Waals surface area (Å²) in [6, 6.07) is 28.1. The summed E-state index contributed by atoms with van der Waals surface area (Å²) in [5, 5.41) is 21.7. The molecule has 0 radical (unpaired) electrons. The molecule has 0 bridgehead atoms. The highest BCUT2D eigenvalue weighted by Gasteiger charge is 2.19. The van der Waals surface area contributed by atoms with Crippen molar-refractivity contribution in [2.45, 2.75) is 51.6 Å². The van der Waals surface area contributed by atoms with E-state index in [4.69, 9.17) is 0 Å². The first-order valence-corrected chi connectivity index (χ1v) is 19.7. The molecule has 10 N–H and O–H groups in total. The van der Waals surface area contributed by atoms with E-state index in [2.05, 4.69) is 121 Å². The van der Waals surface area contributed by atoms with Crippen molar-refractivity contribution in [2.75, 3.05) is 105 Å². The predicted molar refractivity (Wildman–Crippen MR) is 301 cm³/mol. The van der Waals surface area contributed by atoms with Gasteiger partial charge in [-0.3, -0.25) is 9.80 Å². The van der Waals surface area contributed by atoms with E-state index in [1.54, 1.807) is 0 Å². The molecule has 0 unspecified atom stereocenters. The largest absolute Gasteiger partial charge is 0.412 e. The molecule has 2 heterocycles. The Morgan fingerprint density at radius 2 is 0.750 bits per heavy atom. The zero-order valence-corrected chi connectivity index (χ0v) is 48.9. The lowest BCUT2D eigenvalue weighted by Crippen LogP contribution is -2.36. The van der Waals surface area contributed by atoms with Crippen molar-refractivity contribution in [3.05, 3.63) is 106 Å². The van der Waals surface area contributed by atoms with Gasteiger partial charge in [0.15, 0.2) is 0 Å². The van der Waals surface area contributed by atoms with Gasteiger partial charge in [0.05, 0.1) is 0 Å². The molecule has 0 aromatic heterocycles. The Hall–Kier alpha value is 1.10. The average Bonchev–Trinajstić information content (AvgIpc) is 3.13. The Labute approximate surface area is 446 Å². The van der Waals surface area contributed by atoms with Crippen LogP contribution in [0.4, 0.5) is 0 Å². The smallest absolute Gasteiger partial charge is 0.0340 e. The third-order valence-electron chi connectivity index (χ3n) is 10.0. The molecule has 354 valence electrons. The molecular weight excluding hydrogens is 1290 g/mol. The van der Waals surface area contributed by atoms with Crippen LogP contribution in [-0.2, 0) is 13.1 Å². The zero-order valence-electron chi connectivity index (χ0n) is 35.2. The van der Waals surface area contributed by atoms with E-state index >= 15 is 0 Å². The Morgan fingerprint density at radius 1 is 0.400 bits per heavy atom. The number of halogens is 8. The molecule has 0 spiro atoms. The molecule has 2 aliphatic rings. The number of aryl methyl sites for hydroxylation is 1. The van der Waals surface area contributed by atoms with Gasteiger partial charge in [-0.25, -0.2) is 0 Å². The molecule has 60 heavy (non-hydrogen) atoms. The fraction of sp³-hybridized carbons (Fsp3) is 0.571. The Kier molecular flexibility index (Phi) is 54.8. The first kappa shape index (κ1) is 72.7. The summed E-state index contributed by atoms with van der Waals surface area (Å²) < 4.78 is 0. The molecule has 0 atom stereocenters. The minimum absolute atomic E-state index is 0. The summed E-state index contributed by atoms with van der Waals surface area (Å²) in [7, 11) is 0. The molecule has 18 heteroatoms. The first-order valence-electron chi connectivity index (χ1n) is 19.7. The fourth-order valence-electron chi connectivity index (χ4n) is 7.24. The first-order chi connectivity index (χ1) is 24.7. The molecule has 2 fully saturated rings. The summed E-state index contributed by atoms with van der Waals surface area (Å²) in [5.41, 5.74) is 8.21. The number of nitrogens with one attached hydrogen (secondary N) is 6. The van der Waals surface area contributed by atoms with Crippen LogP contribution in [0.1, 0.15) is 65.0 Å². The van der Waals surface area contributed by atoms with Crippen LogP contribution in [0.15, 0.2) is 72.8 Å². The third kappa shape index (κ3) is 28.9. The lowest BCUT2D eigenvalue weighted by atomic mass is 9.83. The molecule has 10 nitrogen and oxygen atoms in total. The number of hydrogen-bond donors (Lipinski definition) is 6. The standard InChI is InChI=1S/C42H66N8.8BrH.2H2O/c1-36-12-14-39(15-13-36)42(40-10-2-8-37(32-40)34-49-28-6-20-45-24-22-43-16-4-18-47-26-30-49)41-11-3-9-38(33-41)35-50-29-7-21-46-25-23-44-17-5-19-48-27-31-50;;;;;;;;;;/h2-3,8-15,32-33,42-48H,4-7,16-31,34-35H2,1H3;8*1H;2*1H2. The van der Waals surface area contributed by atoms with Gasteiger partial charge in [0, 0.05) is 71.4 Å². The van der Waals surface area contributed by atoms with Gasteiger partial charge in [0.2, 0.25) is 0 Å². The topological polar surface area (TPSA) is 142 Å². The SMILES string of the molecule is Br.Br.Br.Br.Br.Br.Br.Br.Cc1ccc(C(c2cccc(CN3CCCNCCNCCCNCC3)c2)c2cccc(CN3CCCNCCNCCCNCC3)c2)cc1.O.O. The van der Waals surface area contributed by atoms with E-state index in [1.165, 1.54) is 59.1 Å². The molecule has 0 amide bonds. The van der Waals surface area contributed by atoms with Crippen LogP contribution in [0.3, 0.4) is 0 Å². The second-order valence-electron chi connectivity index (χ2n) is 14.3. The molecular formula is C42H78Br8N8O2. The van der Waals surface area contributed by atoms with Gasteiger partial charge in [-0.1, -0.05) is 78.4 Å². The quantitative estimate of drug-likeness (QED) is 0.141. The second-order valence-corrected chi connectivity index (χ2v) is 14.3. The monoisotopic (exact) mass is 1360 g/mol. The van der Waals surface area contributed by atoms with Crippen LogP contribution in [-0.4, -0.2) is 125 Å². The highest BCUT2D eigenvalue weighted by atomic mass is 79.9. The van der Waals surface area contributed by atoms with Gasteiger partial charge in [0.1, 0.15) is 0 Å². The van der Waals surface area contributed by atoms with Crippen LogP contribution in [0.2, 0.25) is 0 Å².